The summed E-state index contributed by atoms with van der Waals surface area (Å²) in [5.41, 5.74) is 2.21. The Morgan fingerprint density at radius 1 is 1.15 bits per heavy atom. The molecule has 7 nitrogen and oxygen atoms in total. The van der Waals surface area contributed by atoms with Crippen molar-refractivity contribution < 1.29 is 9.53 Å². The lowest BCUT2D eigenvalue weighted by atomic mass is 10.1. The molecule has 0 aliphatic carbocycles. The normalized spacial score (nSPS) is 14.1. The Morgan fingerprint density at radius 3 is 2.59 bits per heavy atom. The molecular formula is C20H27N5O2. The van der Waals surface area contributed by atoms with Crippen molar-refractivity contribution in [3.05, 3.63) is 47.7 Å². The molecule has 1 aliphatic heterocycles. The fourth-order valence-electron chi connectivity index (χ4n) is 3.09. The average molecular weight is 369 g/mol. The summed E-state index contributed by atoms with van der Waals surface area (Å²) in [5.74, 6) is 1.54. The second-order valence-electron chi connectivity index (χ2n) is 6.53. The van der Waals surface area contributed by atoms with Gasteiger partial charge < -0.3 is 19.9 Å². The fraction of sp³-hybridized carbons (Fsp3) is 0.450. The van der Waals surface area contributed by atoms with Crippen molar-refractivity contribution in [1.82, 2.24) is 14.9 Å². The molecule has 0 radical (unpaired) electrons. The summed E-state index contributed by atoms with van der Waals surface area (Å²) >= 11 is 0. The highest BCUT2D eigenvalue weighted by Crippen LogP contribution is 2.17. The number of rotatable bonds is 6. The number of anilines is 2. The number of hydrogen-bond acceptors (Lipinski definition) is 6. The summed E-state index contributed by atoms with van der Waals surface area (Å²) in [6.07, 6.45) is 0.686. The molecule has 1 saturated heterocycles. The number of piperazine rings is 1. The van der Waals surface area contributed by atoms with Crippen molar-refractivity contribution in [2.75, 3.05) is 49.5 Å². The van der Waals surface area contributed by atoms with Crippen molar-refractivity contribution >= 4 is 17.9 Å². The summed E-state index contributed by atoms with van der Waals surface area (Å²) in [6, 6.07) is 12.3. The van der Waals surface area contributed by atoms with Gasteiger partial charge in [0.05, 0.1) is 6.61 Å². The topological polar surface area (TPSA) is 70.6 Å². The van der Waals surface area contributed by atoms with E-state index >= 15 is 0 Å². The zero-order valence-electron chi connectivity index (χ0n) is 16.0. The van der Waals surface area contributed by atoms with Crippen molar-refractivity contribution in [3.8, 4) is 0 Å². The predicted molar refractivity (Wildman–Crippen MR) is 106 cm³/mol. The number of nitrogens with one attached hydrogen (secondary N) is 1. The van der Waals surface area contributed by atoms with Gasteiger partial charge in [0, 0.05) is 44.5 Å². The molecule has 144 valence electrons. The molecule has 7 heteroatoms. The number of ether oxygens (including phenoxy) is 1. The molecule has 0 bridgehead atoms. The van der Waals surface area contributed by atoms with Crippen LogP contribution >= 0.6 is 0 Å². The summed E-state index contributed by atoms with van der Waals surface area (Å²) in [7, 11) is 0. The van der Waals surface area contributed by atoms with Crippen LogP contribution in [0.15, 0.2) is 36.4 Å². The lowest BCUT2D eigenvalue weighted by molar-refractivity contribution is 0.105. The second kappa shape index (κ2) is 9.21. The van der Waals surface area contributed by atoms with Crippen molar-refractivity contribution in [2.24, 2.45) is 0 Å². The van der Waals surface area contributed by atoms with Crippen molar-refractivity contribution in [1.29, 1.82) is 0 Å². The smallest absolute Gasteiger partial charge is 0.409 e. The van der Waals surface area contributed by atoms with E-state index in [9.17, 15) is 4.79 Å². The standard InChI is InChI=1S/C20H27N5O2/c1-3-27-20(26)25-13-11-24(12-14-25)18-15-16(2)22-19(23-18)21-10-9-17-7-5-4-6-8-17/h4-8,15H,3,9-14H2,1-2H3,(H,21,22,23). The Morgan fingerprint density at radius 2 is 1.89 bits per heavy atom. The van der Waals surface area contributed by atoms with Gasteiger partial charge >= 0.3 is 6.09 Å². The van der Waals surface area contributed by atoms with Crippen LogP contribution in [-0.2, 0) is 11.2 Å². The molecule has 1 fully saturated rings. The molecule has 0 atom stereocenters. The molecule has 0 unspecified atom stereocenters. The lowest BCUT2D eigenvalue weighted by Crippen LogP contribution is -2.49. The van der Waals surface area contributed by atoms with Crippen LogP contribution in [0.4, 0.5) is 16.6 Å². The minimum Gasteiger partial charge on any atom is -0.450 e. The van der Waals surface area contributed by atoms with Crippen molar-refractivity contribution in [3.63, 3.8) is 0 Å². The number of carbonyl (C=O) groups is 1. The number of hydrogen-bond donors (Lipinski definition) is 1. The highest BCUT2D eigenvalue weighted by atomic mass is 16.6. The monoisotopic (exact) mass is 369 g/mol. The molecule has 27 heavy (non-hydrogen) atoms. The van der Waals surface area contributed by atoms with E-state index < -0.39 is 0 Å². The maximum absolute atomic E-state index is 11.8. The van der Waals surface area contributed by atoms with E-state index in [1.807, 2.05) is 38.1 Å². The summed E-state index contributed by atoms with van der Waals surface area (Å²) < 4.78 is 5.07. The van der Waals surface area contributed by atoms with Gasteiger partial charge in [0.1, 0.15) is 5.82 Å². The lowest BCUT2D eigenvalue weighted by Gasteiger charge is -2.34. The van der Waals surface area contributed by atoms with Crippen LogP contribution in [0.25, 0.3) is 0 Å². The summed E-state index contributed by atoms with van der Waals surface area (Å²) in [4.78, 5) is 24.9. The van der Waals surface area contributed by atoms with Crippen LogP contribution in [0.3, 0.4) is 0 Å². The first-order valence-electron chi connectivity index (χ1n) is 9.46. The summed E-state index contributed by atoms with van der Waals surface area (Å²) in [6.45, 7) is 7.73. The number of amides is 1. The number of benzene rings is 1. The fourth-order valence-corrected chi connectivity index (χ4v) is 3.09. The van der Waals surface area contributed by atoms with Gasteiger partial charge in [0.15, 0.2) is 0 Å². The Balaban J connectivity index is 1.56. The van der Waals surface area contributed by atoms with E-state index in [2.05, 4.69) is 32.3 Å². The van der Waals surface area contributed by atoms with E-state index in [0.29, 0.717) is 25.6 Å². The third-order valence-electron chi connectivity index (χ3n) is 4.51. The van der Waals surface area contributed by atoms with Gasteiger partial charge in [-0.15, -0.1) is 0 Å². The van der Waals surface area contributed by atoms with Gasteiger partial charge in [-0.3, -0.25) is 0 Å². The quantitative estimate of drug-likeness (QED) is 0.844. The average Bonchev–Trinajstić information content (AvgIpc) is 2.69. The maximum atomic E-state index is 11.8. The van der Waals surface area contributed by atoms with E-state index in [0.717, 1.165) is 37.6 Å². The zero-order valence-corrected chi connectivity index (χ0v) is 16.0. The van der Waals surface area contributed by atoms with E-state index in [1.54, 1.807) is 4.90 Å². The largest absolute Gasteiger partial charge is 0.450 e. The van der Waals surface area contributed by atoms with Gasteiger partial charge in [0.2, 0.25) is 5.95 Å². The highest BCUT2D eigenvalue weighted by molar-refractivity contribution is 5.68. The molecule has 1 amide bonds. The molecular weight excluding hydrogens is 342 g/mol. The molecule has 1 aliphatic rings. The number of nitrogens with zero attached hydrogens (tertiary/aromatic N) is 4. The number of carbonyl (C=O) groups excluding carboxylic acids is 1. The molecule has 0 spiro atoms. The van der Waals surface area contributed by atoms with Gasteiger partial charge in [-0.05, 0) is 25.8 Å². The van der Waals surface area contributed by atoms with E-state index in [1.165, 1.54) is 5.56 Å². The first kappa shape index (κ1) is 18.9. The van der Waals surface area contributed by atoms with E-state index in [4.69, 9.17) is 4.74 Å². The third kappa shape index (κ3) is 5.32. The van der Waals surface area contributed by atoms with Crippen LogP contribution in [0.5, 0.6) is 0 Å². The third-order valence-corrected chi connectivity index (χ3v) is 4.51. The first-order chi connectivity index (χ1) is 13.2. The Bertz CT molecular complexity index is 745. The minimum atomic E-state index is -0.237. The Kier molecular flexibility index (Phi) is 6.46. The van der Waals surface area contributed by atoms with Crippen LogP contribution in [-0.4, -0.2) is 60.3 Å². The molecule has 1 aromatic carbocycles. The second-order valence-corrected chi connectivity index (χ2v) is 6.53. The molecule has 1 aromatic heterocycles. The summed E-state index contributed by atoms with van der Waals surface area (Å²) in [5, 5.41) is 3.32. The molecule has 2 heterocycles. The predicted octanol–water partition coefficient (Wildman–Crippen LogP) is 2.72. The highest BCUT2D eigenvalue weighted by Gasteiger charge is 2.23. The van der Waals surface area contributed by atoms with Crippen LogP contribution in [0.1, 0.15) is 18.2 Å². The SMILES string of the molecule is CCOC(=O)N1CCN(c2cc(C)nc(NCCc3ccccc3)n2)CC1. The van der Waals surface area contributed by atoms with Gasteiger partial charge in [-0.2, -0.15) is 4.98 Å². The zero-order chi connectivity index (χ0) is 19.1. The molecule has 1 N–H and O–H groups in total. The van der Waals surface area contributed by atoms with E-state index in [-0.39, 0.29) is 6.09 Å². The Hall–Kier alpha value is -2.83. The minimum absolute atomic E-state index is 0.237. The molecule has 3 rings (SSSR count). The number of aromatic nitrogens is 2. The van der Waals surface area contributed by atoms with Crippen LogP contribution < -0.4 is 10.2 Å². The number of aryl methyl sites for hydroxylation is 1. The van der Waals surface area contributed by atoms with Crippen molar-refractivity contribution in [2.45, 2.75) is 20.3 Å². The van der Waals surface area contributed by atoms with Crippen LogP contribution in [0.2, 0.25) is 0 Å². The van der Waals surface area contributed by atoms with Gasteiger partial charge in [0.25, 0.3) is 0 Å². The molecule has 2 aromatic rings. The van der Waals surface area contributed by atoms with Crippen LogP contribution in [0, 0.1) is 6.92 Å². The van der Waals surface area contributed by atoms with Gasteiger partial charge in [-0.25, -0.2) is 9.78 Å². The first-order valence-corrected chi connectivity index (χ1v) is 9.46. The molecule has 0 saturated carbocycles. The Labute approximate surface area is 160 Å². The van der Waals surface area contributed by atoms with Gasteiger partial charge in [-0.1, -0.05) is 30.3 Å². The maximum Gasteiger partial charge on any atom is 0.409 e.